The lowest BCUT2D eigenvalue weighted by atomic mass is 10.1. The minimum absolute atomic E-state index is 0.562. The van der Waals surface area contributed by atoms with E-state index < -0.39 is 0 Å². The van der Waals surface area contributed by atoms with Crippen LogP contribution in [0, 0.1) is 0 Å². The minimum Gasteiger partial charge on any atom is -0.489 e. The van der Waals surface area contributed by atoms with Crippen LogP contribution in [0.4, 0.5) is 0 Å². The number of hydrogen-bond donors (Lipinski definition) is 0. The van der Waals surface area contributed by atoms with Crippen molar-refractivity contribution in [3.8, 4) is 27.6 Å². The van der Waals surface area contributed by atoms with E-state index in [4.69, 9.17) is 4.74 Å². The third-order valence-corrected chi connectivity index (χ3v) is 6.68. The van der Waals surface area contributed by atoms with Crippen molar-refractivity contribution in [3.05, 3.63) is 89.6 Å². The van der Waals surface area contributed by atoms with Gasteiger partial charge in [0.1, 0.15) is 12.4 Å². The molecule has 0 amide bonds. The number of rotatable bonds is 11. The molecule has 32 heavy (non-hydrogen) atoms. The van der Waals surface area contributed by atoms with Crippen LogP contribution in [0.15, 0.2) is 79.1 Å². The highest BCUT2D eigenvalue weighted by atomic mass is 32.1. The van der Waals surface area contributed by atoms with Crippen LogP contribution < -0.4 is 4.74 Å². The predicted octanol–water partition coefficient (Wildman–Crippen LogP) is 7.96. The van der Waals surface area contributed by atoms with Crippen molar-refractivity contribution in [3.63, 3.8) is 0 Å². The van der Waals surface area contributed by atoms with E-state index in [1.807, 2.05) is 66.2 Å². The Morgan fingerprint density at radius 3 is 2.25 bits per heavy atom. The molecular weight excluding hydrogens is 412 g/mol. The lowest BCUT2D eigenvalue weighted by Gasteiger charge is -2.07. The highest BCUT2D eigenvalue weighted by Crippen LogP contribution is 2.29. The zero-order chi connectivity index (χ0) is 22.0. The van der Waals surface area contributed by atoms with Crippen molar-refractivity contribution in [1.29, 1.82) is 0 Å². The van der Waals surface area contributed by atoms with Crippen LogP contribution in [0.5, 0.6) is 5.75 Å². The van der Waals surface area contributed by atoms with Gasteiger partial charge in [-0.2, -0.15) is 0 Å². The standard InChI is InChI=1S/C28H30N2OS/c1-2-3-4-5-9-12-26-17-18-27(32-26)24-19-29-28(30-20-24)23-13-15-25(16-14-23)31-21-22-10-7-6-8-11-22/h6-8,10-11,13-20H,2-5,9,12,21H2,1H3. The van der Waals surface area contributed by atoms with Gasteiger partial charge in [-0.3, -0.25) is 0 Å². The maximum Gasteiger partial charge on any atom is 0.159 e. The Hall–Kier alpha value is -2.98. The molecule has 4 rings (SSSR count). The summed E-state index contributed by atoms with van der Waals surface area (Å²) in [6, 6.07) is 22.6. The van der Waals surface area contributed by atoms with Crippen molar-refractivity contribution >= 4 is 11.3 Å². The van der Waals surface area contributed by atoms with Gasteiger partial charge in [-0.15, -0.1) is 11.3 Å². The Morgan fingerprint density at radius 1 is 0.750 bits per heavy atom. The van der Waals surface area contributed by atoms with Crippen molar-refractivity contribution in [2.75, 3.05) is 0 Å². The molecule has 4 heteroatoms. The van der Waals surface area contributed by atoms with Crippen molar-refractivity contribution < 1.29 is 4.74 Å². The van der Waals surface area contributed by atoms with E-state index in [-0.39, 0.29) is 0 Å². The highest BCUT2D eigenvalue weighted by molar-refractivity contribution is 7.15. The Balaban J connectivity index is 1.32. The van der Waals surface area contributed by atoms with Crippen molar-refractivity contribution in [1.82, 2.24) is 9.97 Å². The Kier molecular flexibility index (Phi) is 8.05. The van der Waals surface area contributed by atoms with Gasteiger partial charge < -0.3 is 4.74 Å². The van der Waals surface area contributed by atoms with Gasteiger partial charge in [-0.05, 0) is 54.8 Å². The van der Waals surface area contributed by atoms with E-state index in [1.54, 1.807) is 0 Å². The van der Waals surface area contributed by atoms with Crippen LogP contribution in [0.2, 0.25) is 0 Å². The monoisotopic (exact) mass is 442 g/mol. The first-order valence-corrected chi connectivity index (χ1v) is 12.3. The molecular formula is C28H30N2OS. The molecule has 3 nitrogen and oxygen atoms in total. The first-order valence-electron chi connectivity index (χ1n) is 11.5. The van der Waals surface area contributed by atoms with Gasteiger partial charge in [-0.25, -0.2) is 9.97 Å². The van der Waals surface area contributed by atoms with E-state index in [0.717, 1.165) is 28.3 Å². The fourth-order valence-electron chi connectivity index (χ4n) is 3.62. The molecule has 0 atom stereocenters. The molecule has 0 saturated heterocycles. The topological polar surface area (TPSA) is 35.0 Å². The molecule has 0 bridgehead atoms. The molecule has 0 radical (unpaired) electrons. The molecule has 2 aromatic heterocycles. The number of aryl methyl sites for hydroxylation is 1. The first-order chi connectivity index (χ1) is 15.8. The number of aromatic nitrogens is 2. The molecule has 0 fully saturated rings. The van der Waals surface area contributed by atoms with Crippen LogP contribution in [-0.2, 0) is 13.0 Å². The average Bonchev–Trinajstić information content (AvgIpc) is 3.33. The quantitative estimate of drug-likeness (QED) is 0.221. The molecule has 0 aliphatic heterocycles. The van der Waals surface area contributed by atoms with E-state index in [1.165, 1.54) is 48.3 Å². The molecule has 0 saturated carbocycles. The summed E-state index contributed by atoms with van der Waals surface area (Å²) in [5.74, 6) is 1.58. The van der Waals surface area contributed by atoms with Crippen molar-refractivity contribution in [2.45, 2.75) is 52.1 Å². The Bertz CT molecular complexity index is 1070. The smallest absolute Gasteiger partial charge is 0.159 e. The van der Waals surface area contributed by atoms with Gasteiger partial charge in [0, 0.05) is 33.3 Å². The third kappa shape index (κ3) is 6.27. The Labute approximate surface area is 195 Å². The largest absolute Gasteiger partial charge is 0.489 e. The van der Waals surface area contributed by atoms with E-state index in [2.05, 4.69) is 41.2 Å². The van der Waals surface area contributed by atoms with Crippen LogP contribution in [0.3, 0.4) is 0 Å². The molecule has 0 N–H and O–H groups in total. The highest BCUT2D eigenvalue weighted by Gasteiger charge is 2.07. The summed E-state index contributed by atoms with van der Waals surface area (Å²) in [6.07, 6.45) is 11.6. The maximum absolute atomic E-state index is 5.87. The normalized spacial score (nSPS) is 10.9. The van der Waals surface area contributed by atoms with E-state index in [0.29, 0.717) is 6.61 Å². The molecule has 2 heterocycles. The lowest BCUT2D eigenvalue weighted by Crippen LogP contribution is -1.95. The third-order valence-electron chi connectivity index (χ3n) is 5.49. The second-order valence-electron chi connectivity index (χ2n) is 8.02. The zero-order valence-corrected chi connectivity index (χ0v) is 19.5. The second-order valence-corrected chi connectivity index (χ2v) is 9.19. The number of benzene rings is 2. The Morgan fingerprint density at radius 2 is 1.50 bits per heavy atom. The van der Waals surface area contributed by atoms with Crippen LogP contribution in [0.25, 0.3) is 21.8 Å². The summed E-state index contributed by atoms with van der Waals surface area (Å²) in [6.45, 7) is 2.82. The van der Waals surface area contributed by atoms with Crippen LogP contribution in [-0.4, -0.2) is 9.97 Å². The van der Waals surface area contributed by atoms with Gasteiger partial charge in [-0.1, -0.05) is 62.9 Å². The summed E-state index contributed by atoms with van der Waals surface area (Å²) in [5.41, 5.74) is 3.23. The molecule has 2 aromatic carbocycles. The fourth-order valence-corrected chi connectivity index (χ4v) is 4.64. The van der Waals surface area contributed by atoms with Gasteiger partial charge in [0.05, 0.1) is 0 Å². The van der Waals surface area contributed by atoms with Gasteiger partial charge >= 0.3 is 0 Å². The summed E-state index contributed by atoms with van der Waals surface area (Å²) in [4.78, 5) is 11.9. The average molecular weight is 443 g/mol. The van der Waals surface area contributed by atoms with Crippen molar-refractivity contribution in [2.24, 2.45) is 0 Å². The summed E-state index contributed by atoms with van der Waals surface area (Å²) < 4.78 is 5.87. The summed E-state index contributed by atoms with van der Waals surface area (Å²) >= 11 is 1.86. The number of unbranched alkanes of at least 4 members (excludes halogenated alkanes) is 4. The predicted molar refractivity (Wildman–Crippen MR) is 134 cm³/mol. The molecule has 0 spiro atoms. The minimum atomic E-state index is 0.562. The van der Waals surface area contributed by atoms with Crippen LogP contribution in [0.1, 0.15) is 49.5 Å². The number of thiophene rings is 1. The molecule has 4 aromatic rings. The number of ether oxygens (including phenoxy) is 1. The number of nitrogens with zero attached hydrogens (tertiary/aromatic N) is 2. The molecule has 0 unspecified atom stereocenters. The second kappa shape index (κ2) is 11.6. The zero-order valence-electron chi connectivity index (χ0n) is 18.7. The summed E-state index contributed by atoms with van der Waals surface area (Å²) in [5, 5.41) is 0. The van der Waals surface area contributed by atoms with E-state index >= 15 is 0 Å². The van der Waals surface area contributed by atoms with E-state index in [9.17, 15) is 0 Å². The van der Waals surface area contributed by atoms with Crippen LogP contribution >= 0.6 is 11.3 Å². The van der Waals surface area contributed by atoms with Gasteiger partial charge in [0.15, 0.2) is 5.82 Å². The molecule has 0 aliphatic rings. The van der Waals surface area contributed by atoms with Gasteiger partial charge in [0.25, 0.3) is 0 Å². The molecule has 0 aliphatic carbocycles. The lowest BCUT2D eigenvalue weighted by molar-refractivity contribution is 0.306. The van der Waals surface area contributed by atoms with Gasteiger partial charge in [0.2, 0.25) is 0 Å². The molecule has 164 valence electrons. The maximum atomic E-state index is 5.87. The SMILES string of the molecule is CCCCCCCc1ccc(-c2cnc(-c3ccc(OCc4ccccc4)cc3)nc2)s1. The summed E-state index contributed by atoms with van der Waals surface area (Å²) in [7, 11) is 0. The number of hydrogen-bond acceptors (Lipinski definition) is 4. The fraction of sp³-hybridized carbons (Fsp3) is 0.286. The first kappa shape index (κ1) is 22.2.